The molecule has 1 fully saturated rings. The second-order valence-electron chi connectivity index (χ2n) is 15.3. The molecule has 1 saturated carbocycles. The molecule has 0 amide bonds. The Hall–Kier alpha value is -0.500. The van der Waals surface area contributed by atoms with E-state index in [1.807, 2.05) is 14.2 Å². The normalized spacial score (nSPS) is 33.4. The molecule has 0 aromatic rings. The fourth-order valence-corrected chi connectivity index (χ4v) is 6.56. The third-order valence-electron chi connectivity index (χ3n) is 9.04. The molecule has 2 aliphatic carbocycles. The van der Waals surface area contributed by atoms with Crippen molar-refractivity contribution in [3.05, 3.63) is 11.3 Å². The zero-order valence-corrected chi connectivity index (χ0v) is 24.1. The summed E-state index contributed by atoms with van der Waals surface area (Å²) in [6.45, 7) is 29.0. The predicted molar refractivity (Wildman–Crippen MR) is 139 cm³/mol. The summed E-state index contributed by atoms with van der Waals surface area (Å²) >= 11 is 0. The Bertz CT molecular complexity index is 659. The lowest BCUT2D eigenvalue weighted by Gasteiger charge is -2.53. The molecule has 0 heterocycles. The molecule has 2 nitrogen and oxygen atoms in total. The van der Waals surface area contributed by atoms with Gasteiger partial charge < -0.3 is 9.47 Å². The zero-order valence-electron chi connectivity index (χ0n) is 24.1. The summed E-state index contributed by atoms with van der Waals surface area (Å²) in [5.41, 5.74) is 2.57. The smallest absolute Gasteiger partial charge is 0.0987 e. The van der Waals surface area contributed by atoms with Crippen molar-refractivity contribution in [1.29, 1.82) is 0 Å². The third kappa shape index (κ3) is 5.94. The summed E-state index contributed by atoms with van der Waals surface area (Å²) in [5, 5.41) is 0. The summed E-state index contributed by atoms with van der Waals surface area (Å²) in [4.78, 5) is 0. The quantitative estimate of drug-likeness (QED) is 0.429. The van der Waals surface area contributed by atoms with Gasteiger partial charge in [0.1, 0.15) is 0 Å². The van der Waals surface area contributed by atoms with E-state index in [4.69, 9.17) is 9.47 Å². The van der Waals surface area contributed by atoms with Crippen LogP contribution in [0.5, 0.6) is 0 Å². The minimum atomic E-state index is 0.185. The van der Waals surface area contributed by atoms with Crippen molar-refractivity contribution in [3.63, 3.8) is 0 Å². The van der Waals surface area contributed by atoms with Gasteiger partial charge in [-0.2, -0.15) is 0 Å². The number of ether oxygens (including phenoxy) is 2. The molecule has 0 spiro atoms. The Balaban J connectivity index is 2.68. The molecule has 0 aromatic heterocycles. The first-order valence-electron chi connectivity index (χ1n) is 13.1. The van der Waals surface area contributed by atoms with Gasteiger partial charge in [0.2, 0.25) is 0 Å². The van der Waals surface area contributed by atoms with Crippen LogP contribution in [0.3, 0.4) is 0 Å². The fourth-order valence-electron chi connectivity index (χ4n) is 6.56. The van der Waals surface area contributed by atoms with Gasteiger partial charge in [-0.3, -0.25) is 0 Å². The maximum atomic E-state index is 6.40. The van der Waals surface area contributed by atoms with Crippen molar-refractivity contribution < 1.29 is 9.47 Å². The van der Waals surface area contributed by atoms with Crippen molar-refractivity contribution >= 4 is 0 Å². The number of allylic oxidation sites excluding steroid dienone is 1. The van der Waals surface area contributed by atoms with Crippen LogP contribution in [0.1, 0.15) is 109 Å². The summed E-state index contributed by atoms with van der Waals surface area (Å²) in [6.07, 6.45) is 5.09. The van der Waals surface area contributed by atoms with Gasteiger partial charge in [-0.15, -0.1) is 0 Å². The van der Waals surface area contributed by atoms with E-state index in [0.29, 0.717) is 35.0 Å². The highest BCUT2D eigenvalue weighted by molar-refractivity contribution is 5.24. The van der Waals surface area contributed by atoms with Crippen molar-refractivity contribution in [1.82, 2.24) is 0 Å². The Kier molecular flexibility index (Phi) is 8.04. The molecular weight excluding hydrogens is 392 g/mol. The molecule has 0 aliphatic heterocycles. The van der Waals surface area contributed by atoms with Crippen molar-refractivity contribution in [2.45, 2.75) is 115 Å². The Morgan fingerprint density at radius 2 is 1.16 bits per heavy atom. The van der Waals surface area contributed by atoms with Crippen LogP contribution in [0.25, 0.3) is 0 Å². The maximum Gasteiger partial charge on any atom is 0.0987 e. The van der Waals surface area contributed by atoms with Crippen molar-refractivity contribution in [3.8, 4) is 0 Å². The fraction of sp³-hybridized carbons (Fsp3) is 0.933. The summed E-state index contributed by atoms with van der Waals surface area (Å²) in [5.74, 6) is 4.09. The summed E-state index contributed by atoms with van der Waals surface area (Å²) in [6, 6.07) is 0. The highest BCUT2D eigenvalue weighted by atomic mass is 16.5. The van der Waals surface area contributed by atoms with Crippen molar-refractivity contribution in [2.24, 2.45) is 51.2 Å². The Morgan fingerprint density at radius 1 is 0.625 bits per heavy atom. The van der Waals surface area contributed by atoms with Crippen LogP contribution in [-0.4, -0.2) is 20.3 Å². The number of hydrogen-bond acceptors (Lipinski definition) is 2. The monoisotopic (exact) mass is 448 g/mol. The van der Waals surface area contributed by atoms with Crippen LogP contribution in [-0.2, 0) is 9.47 Å². The van der Waals surface area contributed by atoms with Gasteiger partial charge in [0.15, 0.2) is 0 Å². The standard InChI is InChI=1S/C30H56O2/c1-27(2,3)19-15-21(25(31-13)23(17-19)29(7,8)9)22-16-20(28(4,5)6)18-24(26(22)32-14)30(10,11)12/h19-21,23-25H,15-18H2,1-14H3. The van der Waals surface area contributed by atoms with Crippen LogP contribution in [0, 0.1) is 51.2 Å². The molecule has 6 atom stereocenters. The van der Waals surface area contributed by atoms with E-state index in [1.165, 1.54) is 25.0 Å². The minimum Gasteiger partial charge on any atom is -0.501 e. The third-order valence-corrected chi connectivity index (χ3v) is 9.04. The molecule has 2 heteroatoms. The first-order chi connectivity index (χ1) is 14.3. The molecule has 188 valence electrons. The van der Waals surface area contributed by atoms with Crippen LogP contribution in [0.2, 0.25) is 0 Å². The number of rotatable bonds is 3. The summed E-state index contributed by atoms with van der Waals surface area (Å²) in [7, 11) is 3.87. The number of methoxy groups -OCH3 is 2. The SMILES string of the molecule is COC1=C(C2CC(C(C)(C)C)CC(C(C)(C)C)C2OC)CC(C(C)(C)C)CC1C(C)(C)C. The predicted octanol–water partition coefficient (Wildman–Crippen LogP) is 8.75. The van der Waals surface area contributed by atoms with E-state index in [0.717, 1.165) is 6.42 Å². The highest BCUT2D eigenvalue weighted by Crippen LogP contribution is 2.56. The van der Waals surface area contributed by atoms with Crippen LogP contribution in [0.15, 0.2) is 11.3 Å². The molecule has 0 N–H and O–H groups in total. The Morgan fingerprint density at radius 3 is 1.53 bits per heavy atom. The summed E-state index contributed by atoms with van der Waals surface area (Å²) < 4.78 is 12.7. The van der Waals surface area contributed by atoms with Crippen molar-refractivity contribution in [2.75, 3.05) is 14.2 Å². The zero-order chi connectivity index (χ0) is 24.9. The molecule has 32 heavy (non-hydrogen) atoms. The molecule has 6 unspecified atom stereocenters. The van der Waals surface area contributed by atoms with E-state index in [1.54, 1.807) is 5.57 Å². The number of hydrogen-bond donors (Lipinski definition) is 0. The van der Waals surface area contributed by atoms with Crippen LogP contribution >= 0.6 is 0 Å². The van der Waals surface area contributed by atoms with E-state index < -0.39 is 0 Å². The average Bonchev–Trinajstić information content (AvgIpc) is 2.62. The maximum absolute atomic E-state index is 6.40. The minimum absolute atomic E-state index is 0.185. The van der Waals surface area contributed by atoms with Gasteiger partial charge >= 0.3 is 0 Å². The molecule has 0 aromatic carbocycles. The van der Waals surface area contributed by atoms with E-state index in [2.05, 4.69) is 83.1 Å². The molecule has 2 rings (SSSR count). The van der Waals surface area contributed by atoms with E-state index in [-0.39, 0.29) is 22.3 Å². The van der Waals surface area contributed by atoms with Gasteiger partial charge in [-0.05, 0) is 70.7 Å². The van der Waals surface area contributed by atoms with E-state index >= 15 is 0 Å². The van der Waals surface area contributed by atoms with Crippen LogP contribution in [0.4, 0.5) is 0 Å². The molecular formula is C30H56O2. The molecule has 0 saturated heterocycles. The lowest BCUT2D eigenvalue weighted by Crippen LogP contribution is -2.49. The van der Waals surface area contributed by atoms with Gasteiger partial charge in [0, 0.05) is 18.9 Å². The van der Waals surface area contributed by atoms with E-state index in [9.17, 15) is 0 Å². The van der Waals surface area contributed by atoms with Crippen LogP contribution < -0.4 is 0 Å². The molecule has 0 bridgehead atoms. The molecule has 2 aliphatic rings. The highest BCUT2D eigenvalue weighted by Gasteiger charge is 2.50. The lowest BCUT2D eigenvalue weighted by atomic mass is 9.55. The second-order valence-corrected chi connectivity index (χ2v) is 15.3. The van der Waals surface area contributed by atoms with Gasteiger partial charge in [0.25, 0.3) is 0 Å². The lowest BCUT2D eigenvalue weighted by molar-refractivity contribution is -0.0834. The second kappa shape index (κ2) is 9.27. The molecule has 0 radical (unpaired) electrons. The van der Waals surface area contributed by atoms with Gasteiger partial charge in [0.05, 0.1) is 19.0 Å². The topological polar surface area (TPSA) is 18.5 Å². The Labute approximate surface area is 201 Å². The first-order valence-corrected chi connectivity index (χ1v) is 13.1. The average molecular weight is 449 g/mol. The van der Waals surface area contributed by atoms with Gasteiger partial charge in [-0.1, -0.05) is 83.1 Å². The largest absolute Gasteiger partial charge is 0.501 e. The first kappa shape index (κ1) is 27.7. The van der Waals surface area contributed by atoms with Gasteiger partial charge in [-0.25, -0.2) is 0 Å².